The summed E-state index contributed by atoms with van der Waals surface area (Å²) in [7, 11) is 0. The lowest BCUT2D eigenvalue weighted by Gasteiger charge is -2.35. The Morgan fingerprint density at radius 1 is 1.15 bits per heavy atom. The van der Waals surface area contributed by atoms with Gasteiger partial charge < -0.3 is 10.2 Å². The summed E-state index contributed by atoms with van der Waals surface area (Å²) in [6.07, 6.45) is 6.48. The molecule has 33 heavy (non-hydrogen) atoms. The lowest BCUT2D eigenvalue weighted by atomic mass is 10.00. The maximum Gasteiger partial charge on any atom is 0.317 e. The van der Waals surface area contributed by atoms with Crippen molar-refractivity contribution in [1.82, 2.24) is 30.3 Å². The summed E-state index contributed by atoms with van der Waals surface area (Å²) in [4.78, 5) is 21.7. The lowest BCUT2D eigenvalue weighted by Crippen LogP contribution is -2.52. The second kappa shape index (κ2) is 9.35. The third-order valence-electron chi connectivity index (χ3n) is 7.03. The molecule has 7 heteroatoms. The van der Waals surface area contributed by atoms with Gasteiger partial charge in [-0.1, -0.05) is 18.2 Å². The molecule has 0 radical (unpaired) electrons. The normalized spacial score (nSPS) is 18.7. The van der Waals surface area contributed by atoms with Gasteiger partial charge in [-0.3, -0.25) is 15.0 Å². The van der Waals surface area contributed by atoms with E-state index in [9.17, 15) is 4.79 Å². The van der Waals surface area contributed by atoms with E-state index in [0.717, 1.165) is 61.4 Å². The van der Waals surface area contributed by atoms with Crippen LogP contribution in [0.25, 0.3) is 11.3 Å². The van der Waals surface area contributed by atoms with Crippen LogP contribution in [0.3, 0.4) is 0 Å². The van der Waals surface area contributed by atoms with Gasteiger partial charge in [0.15, 0.2) is 0 Å². The summed E-state index contributed by atoms with van der Waals surface area (Å²) in [5.74, 6) is 0. The van der Waals surface area contributed by atoms with Crippen molar-refractivity contribution in [3.8, 4) is 11.3 Å². The molecule has 0 unspecified atom stereocenters. The van der Waals surface area contributed by atoms with Crippen LogP contribution in [-0.2, 0) is 19.5 Å². The monoisotopic (exact) mass is 444 g/mol. The first kappa shape index (κ1) is 21.6. The van der Waals surface area contributed by atoms with Crippen LogP contribution >= 0.6 is 0 Å². The third kappa shape index (κ3) is 4.64. The number of aromatic amines is 1. The highest BCUT2D eigenvalue weighted by atomic mass is 16.2. The lowest BCUT2D eigenvalue weighted by molar-refractivity contribution is 0.160. The van der Waals surface area contributed by atoms with Crippen LogP contribution in [0.4, 0.5) is 4.79 Å². The Kier molecular flexibility index (Phi) is 6.13. The molecule has 0 bridgehead atoms. The van der Waals surface area contributed by atoms with Crippen molar-refractivity contribution in [3.63, 3.8) is 0 Å². The Hall–Kier alpha value is -3.19. The molecular weight excluding hydrogens is 412 g/mol. The number of carbonyl (C=O) groups is 1. The number of carbonyl (C=O) groups excluding carboxylic acids is 1. The number of likely N-dealkylation sites (tertiary alicyclic amines) is 1. The quantitative estimate of drug-likeness (QED) is 0.641. The number of benzene rings is 1. The predicted octanol–water partition coefficient (Wildman–Crippen LogP) is 3.82. The molecule has 172 valence electrons. The summed E-state index contributed by atoms with van der Waals surface area (Å²) >= 11 is 0. The molecule has 2 aliphatic heterocycles. The van der Waals surface area contributed by atoms with E-state index in [1.807, 2.05) is 17.0 Å². The molecule has 0 aliphatic carbocycles. The Labute approximate surface area is 195 Å². The van der Waals surface area contributed by atoms with Crippen molar-refractivity contribution in [2.75, 3.05) is 19.6 Å². The predicted molar refractivity (Wildman–Crippen MR) is 129 cm³/mol. The van der Waals surface area contributed by atoms with Crippen molar-refractivity contribution in [1.29, 1.82) is 0 Å². The average Bonchev–Trinajstić information content (AvgIpc) is 3.26. The summed E-state index contributed by atoms with van der Waals surface area (Å²) in [6, 6.07) is 10.6. The number of nitrogens with zero attached hydrogens (tertiary/aromatic N) is 4. The van der Waals surface area contributed by atoms with Gasteiger partial charge in [0, 0.05) is 61.3 Å². The van der Waals surface area contributed by atoms with Gasteiger partial charge in [0.05, 0.1) is 12.2 Å². The molecule has 1 saturated heterocycles. The number of fused-ring (bicyclic) bond motifs is 1. The number of pyridine rings is 1. The van der Waals surface area contributed by atoms with Gasteiger partial charge in [0.1, 0.15) is 0 Å². The Balaban J connectivity index is 1.22. The van der Waals surface area contributed by atoms with E-state index in [0.29, 0.717) is 13.1 Å². The highest BCUT2D eigenvalue weighted by Gasteiger charge is 2.28. The molecule has 2 aromatic heterocycles. The van der Waals surface area contributed by atoms with Crippen LogP contribution in [0, 0.1) is 13.8 Å². The number of hydrogen-bond donors (Lipinski definition) is 2. The SMILES string of the molecule is Cc1cccc(C)c1CN1CCC[C@@H](NC(=O)N2CCc3[nH]nc(-c4ccncc4)c3C2)C1. The van der Waals surface area contributed by atoms with Gasteiger partial charge in [0.25, 0.3) is 0 Å². The standard InChI is InChI=1S/C26H32N6O/c1-18-5-3-6-19(2)22(18)16-31-13-4-7-21(15-31)28-26(33)32-14-10-24-23(17-32)25(30-29-24)20-8-11-27-12-9-20/h3,5-6,8-9,11-12,21H,4,7,10,13-17H2,1-2H3,(H,28,33)(H,29,30)/t21-/m1/s1. The molecular formula is C26H32N6O. The Morgan fingerprint density at radius 3 is 2.73 bits per heavy atom. The first-order valence-electron chi connectivity index (χ1n) is 11.9. The molecule has 2 N–H and O–H groups in total. The fourth-order valence-corrected chi connectivity index (χ4v) is 5.12. The molecule has 1 atom stereocenters. The van der Waals surface area contributed by atoms with E-state index in [1.54, 1.807) is 12.4 Å². The largest absolute Gasteiger partial charge is 0.334 e. The number of rotatable bonds is 4. The number of piperidine rings is 1. The number of hydrogen-bond acceptors (Lipinski definition) is 4. The van der Waals surface area contributed by atoms with Crippen molar-refractivity contribution < 1.29 is 4.79 Å². The minimum absolute atomic E-state index is 0.0291. The van der Waals surface area contributed by atoms with E-state index >= 15 is 0 Å². The molecule has 5 rings (SSSR count). The summed E-state index contributed by atoms with van der Waals surface area (Å²) in [6.45, 7) is 8.58. The maximum absolute atomic E-state index is 13.2. The average molecular weight is 445 g/mol. The molecule has 7 nitrogen and oxygen atoms in total. The highest BCUT2D eigenvalue weighted by Crippen LogP contribution is 2.28. The Bertz CT molecular complexity index is 1100. The number of aromatic nitrogens is 3. The second-order valence-corrected chi connectivity index (χ2v) is 9.33. The van der Waals surface area contributed by atoms with E-state index in [1.165, 1.54) is 16.7 Å². The summed E-state index contributed by atoms with van der Waals surface area (Å²) in [5.41, 5.74) is 8.29. The fourth-order valence-electron chi connectivity index (χ4n) is 5.12. The fraction of sp³-hybridized carbons (Fsp3) is 0.423. The summed E-state index contributed by atoms with van der Waals surface area (Å²) < 4.78 is 0. The van der Waals surface area contributed by atoms with Gasteiger partial charge in [-0.05, 0) is 62.1 Å². The van der Waals surface area contributed by atoms with Gasteiger partial charge in [-0.2, -0.15) is 5.10 Å². The molecule has 0 saturated carbocycles. The highest BCUT2D eigenvalue weighted by molar-refractivity contribution is 5.76. The number of aryl methyl sites for hydroxylation is 2. The van der Waals surface area contributed by atoms with Crippen molar-refractivity contribution >= 4 is 6.03 Å². The number of urea groups is 1. The molecule has 1 aromatic carbocycles. The number of H-pyrrole nitrogens is 1. The van der Waals surface area contributed by atoms with Gasteiger partial charge >= 0.3 is 6.03 Å². The number of amides is 2. The van der Waals surface area contributed by atoms with Crippen LogP contribution in [-0.4, -0.2) is 56.7 Å². The first-order chi connectivity index (χ1) is 16.1. The second-order valence-electron chi connectivity index (χ2n) is 9.33. The van der Waals surface area contributed by atoms with E-state index in [4.69, 9.17) is 0 Å². The van der Waals surface area contributed by atoms with Crippen molar-refractivity contribution in [2.45, 2.75) is 52.2 Å². The van der Waals surface area contributed by atoms with Gasteiger partial charge in [-0.15, -0.1) is 0 Å². The minimum Gasteiger partial charge on any atom is -0.334 e. The van der Waals surface area contributed by atoms with Crippen molar-refractivity contribution in [2.24, 2.45) is 0 Å². The van der Waals surface area contributed by atoms with E-state index in [2.05, 4.69) is 57.4 Å². The van der Waals surface area contributed by atoms with E-state index < -0.39 is 0 Å². The topological polar surface area (TPSA) is 77.2 Å². The summed E-state index contributed by atoms with van der Waals surface area (Å²) in [5, 5.41) is 11.0. The molecule has 1 fully saturated rings. The van der Waals surface area contributed by atoms with Gasteiger partial charge in [0.2, 0.25) is 0 Å². The zero-order chi connectivity index (χ0) is 22.8. The molecule has 4 heterocycles. The minimum atomic E-state index is 0.0291. The van der Waals surface area contributed by atoms with Crippen LogP contribution < -0.4 is 5.32 Å². The van der Waals surface area contributed by atoms with Crippen LogP contribution in [0.5, 0.6) is 0 Å². The van der Waals surface area contributed by atoms with Crippen LogP contribution in [0.2, 0.25) is 0 Å². The Morgan fingerprint density at radius 2 is 1.94 bits per heavy atom. The third-order valence-corrected chi connectivity index (χ3v) is 7.03. The zero-order valence-corrected chi connectivity index (χ0v) is 19.5. The first-order valence-corrected chi connectivity index (χ1v) is 11.9. The molecule has 2 aliphatic rings. The van der Waals surface area contributed by atoms with Gasteiger partial charge in [-0.25, -0.2) is 4.79 Å². The van der Waals surface area contributed by atoms with Crippen LogP contribution in [0.15, 0.2) is 42.7 Å². The molecule has 0 spiro atoms. The zero-order valence-electron chi connectivity index (χ0n) is 19.5. The van der Waals surface area contributed by atoms with Crippen LogP contribution in [0.1, 0.15) is 40.8 Å². The molecule has 2 amide bonds. The maximum atomic E-state index is 13.2. The van der Waals surface area contributed by atoms with E-state index in [-0.39, 0.29) is 12.1 Å². The van der Waals surface area contributed by atoms with Crippen molar-refractivity contribution in [3.05, 3.63) is 70.7 Å². The smallest absolute Gasteiger partial charge is 0.317 e. The number of nitrogens with one attached hydrogen (secondary N) is 2. The molecule has 3 aromatic rings.